The predicted octanol–water partition coefficient (Wildman–Crippen LogP) is 3.42. The lowest BCUT2D eigenvalue weighted by Gasteiger charge is -2.06. The number of carbonyl (C=O) groups is 1. The molecule has 0 atom stereocenters. The number of carbonyl (C=O) groups excluding carboxylic acids is 1. The molecule has 124 valence electrons. The summed E-state index contributed by atoms with van der Waals surface area (Å²) < 4.78 is 32.8. The van der Waals surface area contributed by atoms with Crippen LogP contribution in [0.15, 0.2) is 53.1 Å². The van der Waals surface area contributed by atoms with E-state index in [9.17, 15) is 13.6 Å². The number of halogens is 2. The molecule has 7 heteroatoms. The Bertz CT molecular complexity index is 939. The van der Waals surface area contributed by atoms with Crippen LogP contribution in [0.4, 0.5) is 8.78 Å². The van der Waals surface area contributed by atoms with Gasteiger partial charge in [-0.3, -0.25) is 4.79 Å². The van der Waals surface area contributed by atoms with Gasteiger partial charge in [-0.15, -0.1) is 0 Å². The molecule has 0 radical (unpaired) electrons. The molecule has 0 aliphatic carbocycles. The molecule has 1 heterocycles. The minimum atomic E-state index is -1.10. The van der Waals surface area contributed by atoms with Crippen LogP contribution in [0.1, 0.15) is 21.6 Å². The lowest BCUT2D eigenvalue weighted by Crippen LogP contribution is -2.25. The van der Waals surface area contributed by atoms with Crippen LogP contribution in [0.2, 0.25) is 0 Å². The van der Waals surface area contributed by atoms with Crippen LogP contribution in [-0.2, 0) is 6.54 Å². The standard InChI is InChI=1S/C18H11F2N3O2/c19-14-6-11(9-21)7-15(20)17(14)18(24)22-10-13-8-16(25-23-13)12-4-2-1-3-5-12/h1-8H,10H2,(H,22,24). The zero-order valence-electron chi connectivity index (χ0n) is 12.8. The van der Waals surface area contributed by atoms with Gasteiger partial charge in [-0.1, -0.05) is 35.5 Å². The van der Waals surface area contributed by atoms with Crippen LogP contribution in [-0.4, -0.2) is 11.1 Å². The summed E-state index contributed by atoms with van der Waals surface area (Å²) in [5, 5.41) is 14.8. The van der Waals surface area contributed by atoms with Gasteiger partial charge in [0.1, 0.15) is 22.9 Å². The van der Waals surface area contributed by atoms with Crippen molar-refractivity contribution in [1.29, 1.82) is 5.26 Å². The highest BCUT2D eigenvalue weighted by molar-refractivity contribution is 5.94. The van der Waals surface area contributed by atoms with Crippen LogP contribution >= 0.6 is 0 Å². The first-order chi connectivity index (χ1) is 12.1. The van der Waals surface area contributed by atoms with Crippen molar-refractivity contribution in [2.24, 2.45) is 0 Å². The molecule has 1 N–H and O–H groups in total. The maximum Gasteiger partial charge on any atom is 0.257 e. The summed E-state index contributed by atoms with van der Waals surface area (Å²) in [7, 11) is 0. The Kier molecular flexibility index (Phi) is 4.53. The number of amides is 1. The molecule has 2 aromatic carbocycles. The summed E-state index contributed by atoms with van der Waals surface area (Å²) in [5.41, 5.74) is 0.278. The third kappa shape index (κ3) is 3.53. The van der Waals surface area contributed by atoms with E-state index in [1.807, 2.05) is 30.3 Å². The fourth-order valence-electron chi connectivity index (χ4n) is 2.25. The molecule has 0 bridgehead atoms. The number of hydrogen-bond donors (Lipinski definition) is 1. The van der Waals surface area contributed by atoms with E-state index in [0.717, 1.165) is 17.7 Å². The van der Waals surface area contributed by atoms with E-state index in [2.05, 4.69) is 10.5 Å². The number of nitrogens with one attached hydrogen (secondary N) is 1. The Balaban J connectivity index is 1.72. The van der Waals surface area contributed by atoms with E-state index < -0.39 is 23.1 Å². The number of benzene rings is 2. The lowest BCUT2D eigenvalue weighted by molar-refractivity contribution is 0.0941. The van der Waals surface area contributed by atoms with Gasteiger partial charge in [-0.25, -0.2) is 8.78 Å². The Labute approximate surface area is 141 Å². The Hall–Kier alpha value is -3.53. The van der Waals surface area contributed by atoms with Crippen molar-refractivity contribution in [2.75, 3.05) is 0 Å². The average Bonchev–Trinajstić information content (AvgIpc) is 3.09. The van der Waals surface area contributed by atoms with Crippen molar-refractivity contribution in [2.45, 2.75) is 6.54 Å². The fraction of sp³-hybridized carbons (Fsp3) is 0.0556. The molecule has 25 heavy (non-hydrogen) atoms. The van der Waals surface area contributed by atoms with E-state index in [1.165, 1.54) is 0 Å². The summed E-state index contributed by atoms with van der Waals surface area (Å²) in [6.45, 7) is -0.0615. The summed E-state index contributed by atoms with van der Waals surface area (Å²) in [6, 6.07) is 14.1. The summed E-state index contributed by atoms with van der Waals surface area (Å²) in [4.78, 5) is 12.0. The maximum absolute atomic E-state index is 13.8. The number of nitrogens with zero attached hydrogens (tertiary/aromatic N) is 2. The molecule has 0 aliphatic heterocycles. The average molecular weight is 339 g/mol. The van der Waals surface area contributed by atoms with Gasteiger partial charge in [0.05, 0.1) is 18.2 Å². The third-order valence-electron chi connectivity index (χ3n) is 3.45. The largest absolute Gasteiger partial charge is 0.356 e. The van der Waals surface area contributed by atoms with Crippen molar-refractivity contribution in [3.63, 3.8) is 0 Å². The molecule has 0 fully saturated rings. The van der Waals surface area contributed by atoms with E-state index in [-0.39, 0.29) is 12.1 Å². The second kappa shape index (κ2) is 6.93. The van der Waals surface area contributed by atoms with Crippen LogP contribution in [0, 0.1) is 23.0 Å². The van der Waals surface area contributed by atoms with Gasteiger partial charge in [-0.05, 0) is 12.1 Å². The molecule has 1 aromatic heterocycles. The van der Waals surface area contributed by atoms with Gasteiger partial charge in [0.2, 0.25) is 0 Å². The minimum Gasteiger partial charge on any atom is -0.356 e. The zero-order valence-corrected chi connectivity index (χ0v) is 12.8. The molecule has 0 spiro atoms. The topological polar surface area (TPSA) is 78.9 Å². The lowest BCUT2D eigenvalue weighted by atomic mass is 10.1. The van der Waals surface area contributed by atoms with Crippen LogP contribution in [0.3, 0.4) is 0 Å². The molecule has 5 nitrogen and oxygen atoms in total. The molecule has 0 saturated heterocycles. The Morgan fingerprint density at radius 2 is 1.84 bits per heavy atom. The molecule has 3 rings (SSSR count). The van der Waals surface area contributed by atoms with Gasteiger partial charge in [0.25, 0.3) is 5.91 Å². The minimum absolute atomic E-state index is 0.0615. The summed E-state index contributed by atoms with van der Waals surface area (Å²) in [6.07, 6.45) is 0. The molecular formula is C18H11F2N3O2. The van der Waals surface area contributed by atoms with Gasteiger partial charge < -0.3 is 9.84 Å². The zero-order chi connectivity index (χ0) is 17.8. The molecular weight excluding hydrogens is 328 g/mol. The number of rotatable bonds is 4. The maximum atomic E-state index is 13.8. The van der Waals surface area contributed by atoms with E-state index in [0.29, 0.717) is 11.5 Å². The molecule has 0 saturated carbocycles. The molecule has 1 amide bonds. The van der Waals surface area contributed by atoms with Crippen LogP contribution < -0.4 is 5.32 Å². The number of nitriles is 1. The third-order valence-corrected chi connectivity index (χ3v) is 3.45. The Morgan fingerprint density at radius 3 is 2.48 bits per heavy atom. The monoisotopic (exact) mass is 339 g/mol. The first-order valence-corrected chi connectivity index (χ1v) is 7.27. The first kappa shape index (κ1) is 16.3. The quantitative estimate of drug-likeness (QED) is 0.790. The summed E-state index contributed by atoms with van der Waals surface area (Å²) >= 11 is 0. The van der Waals surface area contributed by atoms with Crippen molar-refractivity contribution in [3.8, 4) is 17.4 Å². The van der Waals surface area contributed by atoms with Crippen molar-refractivity contribution in [1.82, 2.24) is 10.5 Å². The fourth-order valence-corrected chi connectivity index (χ4v) is 2.25. The highest BCUT2D eigenvalue weighted by Crippen LogP contribution is 2.20. The van der Waals surface area contributed by atoms with Gasteiger partial charge in [0, 0.05) is 11.6 Å². The van der Waals surface area contributed by atoms with Gasteiger partial charge >= 0.3 is 0 Å². The molecule has 3 aromatic rings. The van der Waals surface area contributed by atoms with Crippen LogP contribution in [0.25, 0.3) is 11.3 Å². The van der Waals surface area contributed by atoms with E-state index in [4.69, 9.17) is 9.78 Å². The van der Waals surface area contributed by atoms with Crippen LogP contribution in [0.5, 0.6) is 0 Å². The summed E-state index contributed by atoms with van der Waals surface area (Å²) in [5.74, 6) is -2.62. The second-order valence-electron chi connectivity index (χ2n) is 5.16. The van der Waals surface area contributed by atoms with Gasteiger partial charge in [0.15, 0.2) is 5.76 Å². The SMILES string of the molecule is N#Cc1cc(F)c(C(=O)NCc2cc(-c3ccccc3)on2)c(F)c1. The first-order valence-electron chi connectivity index (χ1n) is 7.27. The number of hydrogen-bond acceptors (Lipinski definition) is 4. The molecule has 0 aliphatic rings. The highest BCUT2D eigenvalue weighted by atomic mass is 19.1. The Morgan fingerprint density at radius 1 is 1.16 bits per heavy atom. The smallest absolute Gasteiger partial charge is 0.257 e. The second-order valence-corrected chi connectivity index (χ2v) is 5.16. The van der Waals surface area contributed by atoms with Crippen molar-refractivity contribution >= 4 is 5.91 Å². The normalized spacial score (nSPS) is 10.3. The predicted molar refractivity (Wildman–Crippen MR) is 84.2 cm³/mol. The van der Waals surface area contributed by atoms with Crippen molar-refractivity contribution in [3.05, 3.63) is 77.0 Å². The van der Waals surface area contributed by atoms with Gasteiger partial charge in [-0.2, -0.15) is 5.26 Å². The van der Waals surface area contributed by atoms with E-state index in [1.54, 1.807) is 12.1 Å². The van der Waals surface area contributed by atoms with E-state index >= 15 is 0 Å². The number of aromatic nitrogens is 1. The van der Waals surface area contributed by atoms with Crippen molar-refractivity contribution < 1.29 is 18.1 Å². The highest BCUT2D eigenvalue weighted by Gasteiger charge is 2.19. The molecule has 0 unspecified atom stereocenters.